The van der Waals surface area contributed by atoms with Crippen LogP contribution in [0.5, 0.6) is 0 Å². The van der Waals surface area contributed by atoms with Crippen molar-refractivity contribution in [1.82, 2.24) is 15.2 Å². The summed E-state index contributed by atoms with van der Waals surface area (Å²) in [4.78, 5) is 7.26. The van der Waals surface area contributed by atoms with E-state index < -0.39 is 0 Å². The van der Waals surface area contributed by atoms with Crippen molar-refractivity contribution in [3.05, 3.63) is 71.1 Å². The number of nitrogens with one attached hydrogen (secondary N) is 1. The van der Waals surface area contributed by atoms with Crippen LogP contribution in [-0.2, 0) is 6.42 Å². The molecular weight excluding hydrogens is 378 g/mol. The maximum absolute atomic E-state index is 4.73. The first-order chi connectivity index (χ1) is 14.3. The van der Waals surface area contributed by atoms with Crippen LogP contribution in [0, 0.1) is 0 Å². The van der Waals surface area contributed by atoms with Crippen molar-refractivity contribution >= 4 is 22.7 Å². The van der Waals surface area contributed by atoms with E-state index in [2.05, 4.69) is 57.1 Å². The quantitative estimate of drug-likeness (QED) is 0.481. The molecule has 4 rings (SSSR count). The minimum absolute atomic E-state index is 0.887. The van der Waals surface area contributed by atoms with E-state index in [4.69, 9.17) is 4.98 Å². The summed E-state index contributed by atoms with van der Waals surface area (Å²) >= 11 is 1.61. The van der Waals surface area contributed by atoms with Gasteiger partial charge in [-0.3, -0.25) is 0 Å². The average molecular weight is 406 g/mol. The lowest BCUT2D eigenvalue weighted by Crippen LogP contribution is -2.44. The molecule has 2 aromatic carbocycles. The van der Waals surface area contributed by atoms with Gasteiger partial charge in [0.1, 0.15) is 0 Å². The number of aromatic nitrogens is 1. The Morgan fingerprint density at radius 2 is 1.86 bits per heavy atom. The van der Waals surface area contributed by atoms with Gasteiger partial charge in [0.15, 0.2) is 0 Å². The molecule has 3 aromatic rings. The fraction of sp³-hybridized carbons (Fsp3) is 0.304. The Labute approximate surface area is 176 Å². The smallest absolute Gasteiger partial charge is 0.206 e. The van der Waals surface area contributed by atoms with Crippen LogP contribution in [0.1, 0.15) is 11.1 Å². The predicted molar refractivity (Wildman–Crippen MR) is 123 cm³/mol. The third-order valence-corrected chi connectivity index (χ3v) is 6.08. The summed E-state index contributed by atoms with van der Waals surface area (Å²) in [7, 11) is 1.95. The molecule has 2 heterocycles. The Hall–Kier alpha value is -2.54. The Bertz CT molecular complexity index is 931. The molecule has 0 atom stereocenters. The van der Waals surface area contributed by atoms with Gasteiger partial charge in [0, 0.05) is 50.7 Å². The van der Waals surface area contributed by atoms with Crippen LogP contribution in [0.25, 0.3) is 11.3 Å². The third kappa shape index (κ3) is 5.29. The predicted octanol–water partition coefficient (Wildman–Crippen LogP) is 3.73. The maximum Gasteiger partial charge on any atom is 0.206 e. The Balaban J connectivity index is 1.41. The van der Waals surface area contributed by atoms with E-state index in [0.717, 1.165) is 55.5 Å². The highest BCUT2D eigenvalue weighted by Crippen LogP contribution is 2.26. The fourth-order valence-electron chi connectivity index (χ4n) is 3.45. The van der Waals surface area contributed by atoms with Gasteiger partial charge in [0.25, 0.3) is 0 Å². The zero-order valence-electron chi connectivity index (χ0n) is 16.8. The second kappa shape index (κ2) is 9.78. The number of hydrogen-bond acceptors (Lipinski definition) is 6. The number of rotatable bonds is 7. The summed E-state index contributed by atoms with van der Waals surface area (Å²) in [5.74, 6) is 0. The molecule has 5 nitrogen and oxygen atoms in total. The summed E-state index contributed by atoms with van der Waals surface area (Å²) in [6.45, 7) is 5.54. The zero-order valence-corrected chi connectivity index (χ0v) is 17.6. The number of nitrogens with zero attached hydrogens (tertiary/aromatic N) is 4. The van der Waals surface area contributed by atoms with E-state index in [1.54, 1.807) is 11.3 Å². The lowest BCUT2D eigenvalue weighted by Gasteiger charge is -2.27. The second-order valence-corrected chi connectivity index (χ2v) is 8.03. The average Bonchev–Trinajstić information content (AvgIpc) is 3.28. The van der Waals surface area contributed by atoms with Crippen molar-refractivity contribution in [2.24, 2.45) is 5.10 Å². The SMILES string of the molecule is CN(/N=C/c1ccccc1CCN1CCNCC1)c1nc(-c2ccccc2)cs1. The fourth-order valence-corrected chi connectivity index (χ4v) is 4.21. The van der Waals surface area contributed by atoms with Crippen LogP contribution in [0.4, 0.5) is 5.13 Å². The largest absolute Gasteiger partial charge is 0.314 e. The van der Waals surface area contributed by atoms with E-state index in [1.165, 1.54) is 11.1 Å². The molecule has 0 aliphatic carbocycles. The number of piperazine rings is 1. The van der Waals surface area contributed by atoms with E-state index in [1.807, 2.05) is 36.5 Å². The first kappa shape index (κ1) is 19.8. The highest BCUT2D eigenvalue weighted by molar-refractivity contribution is 7.14. The van der Waals surface area contributed by atoms with Crippen LogP contribution in [0.3, 0.4) is 0 Å². The minimum atomic E-state index is 0.887. The molecule has 0 saturated carbocycles. The Morgan fingerprint density at radius 1 is 1.10 bits per heavy atom. The lowest BCUT2D eigenvalue weighted by atomic mass is 10.1. The van der Waals surface area contributed by atoms with Gasteiger partial charge >= 0.3 is 0 Å². The summed E-state index contributed by atoms with van der Waals surface area (Å²) in [6.07, 6.45) is 3.00. The molecule has 1 aliphatic rings. The number of hydrazone groups is 1. The lowest BCUT2D eigenvalue weighted by molar-refractivity contribution is 0.244. The molecule has 29 heavy (non-hydrogen) atoms. The van der Waals surface area contributed by atoms with Crippen molar-refractivity contribution < 1.29 is 0 Å². The van der Waals surface area contributed by atoms with Gasteiger partial charge < -0.3 is 10.2 Å². The van der Waals surface area contributed by atoms with Gasteiger partial charge in [0.2, 0.25) is 5.13 Å². The first-order valence-electron chi connectivity index (χ1n) is 10.1. The van der Waals surface area contributed by atoms with E-state index in [9.17, 15) is 0 Å². The number of benzene rings is 2. The van der Waals surface area contributed by atoms with Gasteiger partial charge in [-0.15, -0.1) is 11.3 Å². The monoisotopic (exact) mass is 405 g/mol. The highest BCUT2D eigenvalue weighted by atomic mass is 32.1. The molecule has 1 fully saturated rings. The van der Waals surface area contributed by atoms with E-state index in [0.29, 0.717) is 0 Å². The molecule has 1 aromatic heterocycles. The van der Waals surface area contributed by atoms with Gasteiger partial charge in [-0.2, -0.15) is 5.10 Å². The molecule has 0 spiro atoms. The molecule has 1 N–H and O–H groups in total. The summed E-state index contributed by atoms with van der Waals surface area (Å²) in [6, 6.07) is 18.8. The Kier molecular flexibility index (Phi) is 6.67. The number of thiazole rings is 1. The number of anilines is 1. The molecule has 6 heteroatoms. The standard InChI is InChI=1S/C23H27N5S/c1-27(23-26-22(18-29-23)20-8-3-2-4-9-20)25-17-21-10-6-5-7-19(21)11-14-28-15-12-24-13-16-28/h2-10,17-18,24H,11-16H2,1H3/b25-17+. The topological polar surface area (TPSA) is 43.8 Å². The second-order valence-electron chi connectivity index (χ2n) is 7.19. The van der Waals surface area contributed by atoms with Crippen molar-refractivity contribution in [3.8, 4) is 11.3 Å². The van der Waals surface area contributed by atoms with E-state index in [-0.39, 0.29) is 0 Å². The maximum atomic E-state index is 4.73. The molecule has 1 aliphatic heterocycles. The first-order valence-corrected chi connectivity index (χ1v) is 11.0. The minimum Gasteiger partial charge on any atom is -0.314 e. The van der Waals surface area contributed by atoms with Crippen LogP contribution in [-0.4, -0.2) is 55.9 Å². The molecule has 0 radical (unpaired) electrons. The molecule has 0 unspecified atom stereocenters. The molecule has 1 saturated heterocycles. The summed E-state index contributed by atoms with van der Waals surface area (Å²) in [5, 5.41) is 12.9. The molecular formula is C23H27N5S. The third-order valence-electron chi connectivity index (χ3n) is 5.17. The van der Waals surface area contributed by atoms with Gasteiger partial charge in [0.05, 0.1) is 11.9 Å². The van der Waals surface area contributed by atoms with Gasteiger partial charge in [-0.25, -0.2) is 9.99 Å². The molecule has 150 valence electrons. The normalized spacial score (nSPS) is 15.1. The zero-order chi connectivity index (χ0) is 19.9. The summed E-state index contributed by atoms with van der Waals surface area (Å²) < 4.78 is 0. The van der Waals surface area contributed by atoms with Crippen LogP contribution in [0.2, 0.25) is 0 Å². The molecule has 0 amide bonds. The molecule has 0 bridgehead atoms. The van der Waals surface area contributed by atoms with Crippen LogP contribution in [0.15, 0.2) is 65.1 Å². The van der Waals surface area contributed by atoms with Crippen LogP contribution >= 0.6 is 11.3 Å². The van der Waals surface area contributed by atoms with Crippen molar-refractivity contribution in [3.63, 3.8) is 0 Å². The number of hydrogen-bond donors (Lipinski definition) is 1. The summed E-state index contributed by atoms with van der Waals surface area (Å²) in [5.41, 5.74) is 4.64. The van der Waals surface area contributed by atoms with Crippen molar-refractivity contribution in [2.75, 3.05) is 44.8 Å². The van der Waals surface area contributed by atoms with Gasteiger partial charge in [-0.1, -0.05) is 54.6 Å². The van der Waals surface area contributed by atoms with E-state index >= 15 is 0 Å². The highest BCUT2D eigenvalue weighted by Gasteiger charge is 2.11. The van der Waals surface area contributed by atoms with Gasteiger partial charge in [-0.05, 0) is 17.5 Å². The van der Waals surface area contributed by atoms with Crippen molar-refractivity contribution in [2.45, 2.75) is 6.42 Å². The Morgan fingerprint density at radius 3 is 2.69 bits per heavy atom. The van der Waals surface area contributed by atoms with Crippen molar-refractivity contribution in [1.29, 1.82) is 0 Å². The van der Waals surface area contributed by atoms with Crippen LogP contribution < -0.4 is 10.3 Å².